The molecule has 1 aromatic heterocycles. The van der Waals surface area contributed by atoms with E-state index in [4.69, 9.17) is 4.74 Å². The van der Waals surface area contributed by atoms with E-state index in [2.05, 4.69) is 9.88 Å². The van der Waals surface area contributed by atoms with Crippen molar-refractivity contribution >= 4 is 22.1 Å². The second-order valence-corrected chi connectivity index (χ2v) is 5.72. The molecule has 0 unspecified atom stereocenters. The molecule has 0 saturated heterocycles. The van der Waals surface area contributed by atoms with E-state index in [1.807, 2.05) is 44.3 Å². The summed E-state index contributed by atoms with van der Waals surface area (Å²) in [7, 11) is 1.97. The van der Waals surface area contributed by atoms with Crippen LogP contribution in [0.3, 0.4) is 0 Å². The normalized spacial score (nSPS) is 10.6. The highest BCUT2D eigenvalue weighted by Gasteiger charge is 2.16. The molecule has 1 heterocycles. The summed E-state index contributed by atoms with van der Waals surface area (Å²) in [5.74, 6) is 0.848. The molecule has 6 nitrogen and oxygen atoms in total. The topological polar surface area (TPSA) is 68.5 Å². The summed E-state index contributed by atoms with van der Waals surface area (Å²) < 4.78 is 5.46. The predicted octanol–water partition coefficient (Wildman–Crippen LogP) is 4.18. The number of fused-ring (bicyclic) bond motifs is 1. The maximum Gasteiger partial charge on any atom is 0.278 e. The van der Waals surface area contributed by atoms with Crippen LogP contribution in [0.5, 0.6) is 5.75 Å². The molecule has 0 atom stereocenters. The predicted molar refractivity (Wildman–Crippen MR) is 98.1 cm³/mol. The minimum atomic E-state index is -0.375. The summed E-state index contributed by atoms with van der Waals surface area (Å²) in [6.07, 6.45) is 3.20. The largest absolute Gasteiger partial charge is 0.494 e. The Labute approximate surface area is 145 Å². The number of nitro groups is 1. The molecule has 0 bridgehead atoms. The molecule has 128 valence electrons. The SMILES string of the molecule is CCOc1ccc(CN(C)c2ccc([N+](=O)[O-])c3cnccc23)cc1. The van der Waals surface area contributed by atoms with Gasteiger partial charge in [-0.25, -0.2) is 0 Å². The number of hydrogen-bond donors (Lipinski definition) is 0. The van der Waals surface area contributed by atoms with Crippen molar-refractivity contribution in [1.29, 1.82) is 0 Å². The zero-order valence-corrected chi connectivity index (χ0v) is 14.2. The van der Waals surface area contributed by atoms with Gasteiger partial charge in [-0.1, -0.05) is 12.1 Å². The highest BCUT2D eigenvalue weighted by atomic mass is 16.6. The van der Waals surface area contributed by atoms with E-state index < -0.39 is 0 Å². The average Bonchev–Trinajstić information content (AvgIpc) is 2.62. The van der Waals surface area contributed by atoms with Crippen molar-refractivity contribution in [2.45, 2.75) is 13.5 Å². The summed E-state index contributed by atoms with van der Waals surface area (Å²) in [5.41, 5.74) is 2.13. The monoisotopic (exact) mass is 337 g/mol. The zero-order chi connectivity index (χ0) is 17.8. The van der Waals surface area contributed by atoms with Crippen LogP contribution in [-0.4, -0.2) is 23.6 Å². The van der Waals surface area contributed by atoms with Gasteiger partial charge in [0.15, 0.2) is 0 Å². The molecule has 0 N–H and O–H groups in total. The molecule has 0 aliphatic heterocycles. The third-order valence-corrected chi connectivity index (χ3v) is 4.03. The molecule has 0 amide bonds. The lowest BCUT2D eigenvalue weighted by Crippen LogP contribution is -2.16. The minimum absolute atomic E-state index is 0.0707. The number of anilines is 1. The van der Waals surface area contributed by atoms with E-state index >= 15 is 0 Å². The van der Waals surface area contributed by atoms with E-state index in [1.54, 1.807) is 18.5 Å². The lowest BCUT2D eigenvalue weighted by Gasteiger charge is -2.21. The van der Waals surface area contributed by atoms with Gasteiger partial charge in [0.05, 0.1) is 16.9 Å². The molecule has 0 saturated carbocycles. The molecule has 0 aliphatic rings. The van der Waals surface area contributed by atoms with Crippen LogP contribution in [-0.2, 0) is 6.54 Å². The third-order valence-electron chi connectivity index (χ3n) is 4.03. The Bertz CT molecular complexity index is 894. The standard InChI is InChI=1S/C19H19N3O3/c1-3-25-15-6-4-14(5-7-15)13-21(2)18-8-9-19(22(23)24)17-12-20-11-10-16(17)18/h4-12H,3,13H2,1-2H3. The second-order valence-electron chi connectivity index (χ2n) is 5.72. The van der Waals surface area contributed by atoms with Gasteiger partial charge >= 0.3 is 0 Å². The van der Waals surface area contributed by atoms with Gasteiger partial charge in [-0.2, -0.15) is 0 Å². The molecule has 0 aliphatic carbocycles. The number of nitrogens with zero attached hydrogens (tertiary/aromatic N) is 3. The van der Waals surface area contributed by atoms with Crippen molar-refractivity contribution in [3.63, 3.8) is 0 Å². The lowest BCUT2D eigenvalue weighted by molar-refractivity contribution is -0.383. The number of benzene rings is 2. The first-order valence-corrected chi connectivity index (χ1v) is 8.04. The summed E-state index contributed by atoms with van der Waals surface area (Å²) in [4.78, 5) is 17.0. The van der Waals surface area contributed by atoms with Gasteiger partial charge in [-0.05, 0) is 36.8 Å². The van der Waals surface area contributed by atoms with Crippen molar-refractivity contribution in [2.24, 2.45) is 0 Å². The first-order chi connectivity index (χ1) is 12.1. The Kier molecular flexibility index (Phi) is 4.79. The fraction of sp³-hybridized carbons (Fsp3) is 0.211. The van der Waals surface area contributed by atoms with Crippen LogP contribution in [0.15, 0.2) is 54.9 Å². The summed E-state index contributed by atoms with van der Waals surface area (Å²) in [5, 5.41) is 12.6. The number of nitro benzene ring substituents is 1. The average molecular weight is 337 g/mol. The Balaban J connectivity index is 1.91. The van der Waals surface area contributed by atoms with Gasteiger partial charge in [0.25, 0.3) is 5.69 Å². The Morgan fingerprint density at radius 3 is 2.56 bits per heavy atom. The van der Waals surface area contributed by atoms with Gasteiger partial charge in [0, 0.05) is 43.1 Å². The molecule has 6 heteroatoms. The number of ether oxygens (including phenoxy) is 1. The lowest BCUT2D eigenvalue weighted by atomic mass is 10.1. The van der Waals surface area contributed by atoms with Crippen LogP contribution in [0.2, 0.25) is 0 Å². The van der Waals surface area contributed by atoms with Crippen LogP contribution >= 0.6 is 0 Å². The number of hydrogen-bond acceptors (Lipinski definition) is 5. The van der Waals surface area contributed by atoms with Crippen molar-refractivity contribution in [3.05, 3.63) is 70.5 Å². The van der Waals surface area contributed by atoms with Crippen LogP contribution in [0.25, 0.3) is 10.8 Å². The fourth-order valence-electron chi connectivity index (χ4n) is 2.87. The number of rotatable bonds is 6. The Morgan fingerprint density at radius 1 is 1.12 bits per heavy atom. The van der Waals surface area contributed by atoms with Crippen molar-refractivity contribution in [2.75, 3.05) is 18.6 Å². The van der Waals surface area contributed by atoms with Crippen molar-refractivity contribution in [1.82, 2.24) is 4.98 Å². The first-order valence-electron chi connectivity index (χ1n) is 8.04. The molecule has 3 rings (SSSR count). The second kappa shape index (κ2) is 7.17. The highest BCUT2D eigenvalue weighted by molar-refractivity contribution is 5.99. The number of aromatic nitrogens is 1. The molecule has 3 aromatic rings. The van der Waals surface area contributed by atoms with Crippen LogP contribution in [0, 0.1) is 10.1 Å². The van der Waals surface area contributed by atoms with Gasteiger partial charge in [-0.15, -0.1) is 0 Å². The molecule has 2 aromatic carbocycles. The van der Waals surface area contributed by atoms with Crippen LogP contribution < -0.4 is 9.64 Å². The Hall–Kier alpha value is -3.15. The maximum absolute atomic E-state index is 11.2. The minimum Gasteiger partial charge on any atom is -0.494 e. The van der Waals surface area contributed by atoms with Gasteiger partial charge < -0.3 is 9.64 Å². The van der Waals surface area contributed by atoms with Crippen LogP contribution in [0.1, 0.15) is 12.5 Å². The molecule has 0 radical (unpaired) electrons. The van der Waals surface area contributed by atoms with Gasteiger partial charge in [0.1, 0.15) is 5.75 Å². The van der Waals surface area contributed by atoms with Gasteiger partial charge in [-0.3, -0.25) is 15.1 Å². The molecule has 0 spiro atoms. The molecular formula is C19H19N3O3. The molecular weight excluding hydrogens is 318 g/mol. The van der Waals surface area contributed by atoms with E-state index in [0.717, 1.165) is 22.4 Å². The van der Waals surface area contributed by atoms with Crippen LogP contribution in [0.4, 0.5) is 11.4 Å². The van der Waals surface area contributed by atoms with E-state index in [0.29, 0.717) is 18.5 Å². The van der Waals surface area contributed by atoms with E-state index in [1.165, 1.54) is 6.07 Å². The number of non-ortho nitro benzene ring substituents is 1. The summed E-state index contributed by atoms with van der Waals surface area (Å²) in [6, 6.07) is 13.1. The van der Waals surface area contributed by atoms with Crippen molar-refractivity contribution in [3.8, 4) is 5.75 Å². The first kappa shape index (κ1) is 16.7. The highest BCUT2D eigenvalue weighted by Crippen LogP contribution is 2.33. The third kappa shape index (κ3) is 3.52. The van der Waals surface area contributed by atoms with E-state index in [9.17, 15) is 10.1 Å². The molecule has 25 heavy (non-hydrogen) atoms. The molecule has 0 fully saturated rings. The summed E-state index contributed by atoms with van der Waals surface area (Å²) in [6.45, 7) is 3.28. The number of pyridine rings is 1. The fourth-order valence-corrected chi connectivity index (χ4v) is 2.87. The van der Waals surface area contributed by atoms with Crippen molar-refractivity contribution < 1.29 is 9.66 Å². The zero-order valence-electron chi connectivity index (χ0n) is 14.2. The van der Waals surface area contributed by atoms with E-state index in [-0.39, 0.29) is 10.6 Å². The Morgan fingerprint density at radius 2 is 1.88 bits per heavy atom. The summed E-state index contributed by atoms with van der Waals surface area (Å²) >= 11 is 0. The maximum atomic E-state index is 11.2. The quantitative estimate of drug-likeness (QED) is 0.498. The smallest absolute Gasteiger partial charge is 0.278 e. The van der Waals surface area contributed by atoms with Gasteiger partial charge in [0.2, 0.25) is 0 Å².